The zero-order chi connectivity index (χ0) is 20.5. The Morgan fingerprint density at radius 1 is 1.17 bits per heavy atom. The molecule has 5 rings (SSSR count). The highest BCUT2D eigenvalue weighted by molar-refractivity contribution is 5.81. The summed E-state index contributed by atoms with van der Waals surface area (Å²) in [5, 5.41) is 0. The summed E-state index contributed by atoms with van der Waals surface area (Å²) < 4.78 is 0. The predicted molar refractivity (Wildman–Crippen MR) is 118 cm³/mol. The molecule has 2 aromatic heterocycles. The van der Waals surface area contributed by atoms with Crippen LogP contribution in [-0.4, -0.2) is 38.2 Å². The maximum absolute atomic E-state index is 12.8. The van der Waals surface area contributed by atoms with E-state index < -0.39 is 0 Å². The third-order valence-corrected chi connectivity index (χ3v) is 6.91. The molecule has 0 bridgehead atoms. The van der Waals surface area contributed by atoms with Gasteiger partial charge in [0, 0.05) is 30.8 Å². The number of rotatable bonds is 6. The lowest BCUT2D eigenvalue weighted by Gasteiger charge is -2.46. The van der Waals surface area contributed by atoms with Crippen LogP contribution >= 0.6 is 0 Å². The molecule has 0 spiro atoms. The van der Waals surface area contributed by atoms with E-state index in [0.29, 0.717) is 30.6 Å². The molecule has 30 heavy (non-hydrogen) atoms. The second-order valence-corrected chi connectivity index (χ2v) is 9.10. The Morgan fingerprint density at radius 3 is 2.77 bits per heavy atom. The van der Waals surface area contributed by atoms with Gasteiger partial charge in [0.1, 0.15) is 11.6 Å². The van der Waals surface area contributed by atoms with Crippen molar-refractivity contribution in [3.05, 3.63) is 59.7 Å². The summed E-state index contributed by atoms with van der Waals surface area (Å²) in [4.78, 5) is 28.2. The number of piperidine rings is 1. The molecule has 2 aliphatic rings. The van der Waals surface area contributed by atoms with E-state index in [2.05, 4.69) is 33.1 Å². The highest BCUT2D eigenvalue weighted by Crippen LogP contribution is 2.40. The maximum Gasteiger partial charge on any atom is 0.137 e. The van der Waals surface area contributed by atoms with Gasteiger partial charge in [-0.05, 0) is 68.8 Å². The van der Waals surface area contributed by atoms with Crippen molar-refractivity contribution >= 4 is 16.8 Å². The van der Waals surface area contributed by atoms with Crippen LogP contribution in [0.1, 0.15) is 61.6 Å². The van der Waals surface area contributed by atoms with Crippen LogP contribution in [0.15, 0.2) is 42.6 Å². The van der Waals surface area contributed by atoms with Gasteiger partial charge in [-0.1, -0.05) is 24.6 Å². The number of nitrogens with zero attached hydrogens (tertiary/aromatic N) is 3. The largest absolute Gasteiger partial charge is 0.341 e. The summed E-state index contributed by atoms with van der Waals surface area (Å²) in [6.07, 6.45) is 9.01. The molecule has 2 atom stereocenters. The fourth-order valence-electron chi connectivity index (χ4n) is 5.02. The Morgan fingerprint density at radius 2 is 2.03 bits per heavy atom. The first kappa shape index (κ1) is 19.4. The van der Waals surface area contributed by atoms with Crippen LogP contribution in [0.5, 0.6) is 0 Å². The van der Waals surface area contributed by atoms with Crippen LogP contribution in [0.4, 0.5) is 0 Å². The summed E-state index contributed by atoms with van der Waals surface area (Å²) >= 11 is 0. The van der Waals surface area contributed by atoms with E-state index in [9.17, 15) is 4.79 Å². The minimum absolute atomic E-state index is 0.287. The molecule has 0 amide bonds. The number of fused-ring (bicyclic) bond motifs is 1. The first-order valence-corrected chi connectivity index (χ1v) is 11.3. The van der Waals surface area contributed by atoms with Crippen LogP contribution < -0.4 is 0 Å². The number of likely N-dealkylation sites (tertiary alicyclic amines) is 1. The van der Waals surface area contributed by atoms with Crippen molar-refractivity contribution in [1.82, 2.24) is 19.9 Å². The Kier molecular flexibility index (Phi) is 5.38. The third kappa shape index (κ3) is 4.04. The van der Waals surface area contributed by atoms with E-state index in [1.165, 1.54) is 19.3 Å². The Bertz CT molecular complexity index is 988. The Hall–Kier alpha value is -2.53. The summed E-state index contributed by atoms with van der Waals surface area (Å²) in [5.41, 5.74) is 4.15. The SMILES string of the molecule is Cc1ccc(CC(=O)C[C@@H]2CCN(C3CCC3)[C@@H](c3nc4ccccc4[nH]3)C2)cn1. The van der Waals surface area contributed by atoms with Crippen LogP contribution in [0, 0.1) is 12.8 Å². The number of H-pyrrole nitrogens is 1. The van der Waals surface area contributed by atoms with E-state index in [-0.39, 0.29) is 6.04 Å². The van der Waals surface area contributed by atoms with Crippen LogP contribution in [0.25, 0.3) is 11.0 Å². The van der Waals surface area contributed by atoms with Gasteiger partial charge in [0.2, 0.25) is 0 Å². The second kappa shape index (κ2) is 8.31. The van der Waals surface area contributed by atoms with Crippen LogP contribution in [0.2, 0.25) is 0 Å². The molecule has 0 unspecified atom stereocenters. The van der Waals surface area contributed by atoms with E-state index in [1.807, 2.05) is 31.3 Å². The van der Waals surface area contributed by atoms with Gasteiger partial charge >= 0.3 is 0 Å². The van der Waals surface area contributed by atoms with Crippen molar-refractivity contribution in [2.24, 2.45) is 5.92 Å². The fourth-order valence-corrected chi connectivity index (χ4v) is 5.02. The number of pyridine rings is 1. The standard InChI is InChI=1S/C25H30N4O/c1-17-9-10-19(16-26-17)14-21(30)13-18-11-12-29(20-5-4-6-20)24(15-18)25-27-22-7-2-3-8-23(22)28-25/h2-3,7-10,16,18,20,24H,4-6,11-15H2,1H3,(H,27,28)/t18-,24+/m0/s1. The van der Waals surface area contributed by atoms with Gasteiger partial charge in [0.05, 0.1) is 17.1 Å². The van der Waals surface area contributed by atoms with Gasteiger partial charge in [-0.3, -0.25) is 14.7 Å². The predicted octanol–water partition coefficient (Wildman–Crippen LogP) is 4.77. The van der Waals surface area contributed by atoms with Gasteiger partial charge in [-0.25, -0.2) is 4.98 Å². The van der Waals surface area contributed by atoms with Crippen LogP contribution in [0.3, 0.4) is 0 Å². The highest BCUT2D eigenvalue weighted by Gasteiger charge is 2.38. The van der Waals surface area contributed by atoms with Crippen molar-refractivity contribution in [2.45, 2.75) is 64.0 Å². The molecule has 156 valence electrons. The number of benzene rings is 1. The molecule has 1 aliphatic carbocycles. The molecular formula is C25H30N4O. The molecule has 5 nitrogen and oxygen atoms in total. The number of aromatic nitrogens is 3. The monoisotopic (exact) mass is 402 g/mol. The van der Waals surface area contributed by atoms with E-state index >= 15 is 0 Å². The molecule has 1 saturated carbocycles. The second-order valence-electron chi connectivity index (χ2n) is 9.10. The van der Waals surface area contributed by atoms with Gasteiger partial charge < -0.3 is 4.98 Å². The van der Waals surface area contributed by atoms with Crippen LogP contribution in [-0.2, 0) is 11.2 Å². The molecule has 1 aromatic carbocycles. The smallest absolute Gasteiger partial charge is 0.137 e. The number of carbonyl (C=O) groups is 1. The molecule has 3 aromatic rings. The lowest BCUT2D eigenvalue weighted by molar-refractivity contribution is -0.120. The molecule has 5 heteroatoms. The first-order valence-electron chi connectivity index (χ1n) is 11.3. The quantitative estimate of drug-likeness (QED) is 0.645. The highest BCUT2D eigenvalue weighted by atomic mass is 16.1. The third-order valence-electron chi connectivity index (χ3n) is 6.91. The number of carbonyl (C=O) groups excluding carboxylic acids is 1. The Balaban J connectivity index is 1.30. The molecule has 1 N–H and O–H groups in total. The average Bonchev–Trinajstić information content (AvgIpc) is 3.13. The van der Waals surface area contributed by atoms with Crippen molar-refractivity contribution in [2.75, 3.05) is 6.54 Å². The lowest BCUT2D eigenvalue weighted by Crippen LogP contribution is -2.47. The molecule has 1 saturated heterocycles. The van der Waals surface area contributed by atoms with E-state index in [0.717, 1.165) is 47.5 Å². The summed E-state index contributed by atoms with van der Waals surface area (Å²) in [5.74, 6) is 1.82. The van der Waals surface area contributed by atoms with E-state index in [4.69, 9.17) is 4.98 Å². The normalized spacial score (nSPS) is 22.8. The van der Waals surface area contributed by atoms with Gasteiger partial charge in [0.25, 0.3) is 0 Å². The topological polar surface area (TPSA) is 61.9 Å². The average molecular weight is 403 g/mol. The number of Topliss-reactive ketones (excluding diaryl/α,β-unsaturated/α-hetero) is 1. The number of nitrogens with one attached hydrogen (secondary N) is 1. The number of ketones is 1. The zero-order valence-electron chi connectivity index (χ0n) is 17.7. The van der Waals surface area contributed by atoms with Gasteiger partial charge in [-0.2, -0.15) is 0 Å². The molecule has 2 fully saturated rings. The van der Waals surface area contributed by atoms with Crippen molar-refractivity contribution in [3.8, 4) is 0 Å². The minimum Gasteiger partial charge on any atom is -0.341 e. The number of hydrogen-bond acceptors (Lipinski definition) is 4. The first-order chi connectivity index (χ1) is 14.7. The lowest BCUT2D eigenvalue weighted by atomic mass is 9.82. The number of hydrogen-bond donors (Lipinski definition) is 1. The summed E-state index contributed by atoms with van der Waals surface area (Å²) in [6.45, 7) is 3.04. The number of imidazole rings is 1. The van der Waals surface area contributed by atoms with Crippen molar-refractivity contribution in [3.63, 3.8) is 0 Å². The number of para-hydroxylation sites is 2. The van der Waals surface area contributed by atoms with Gasteiger partial charge in [-0.15, -0.1) is 0 Å². The van der Waals surface area contributed by atoms with Crippen molar-refractivity contribution < 1.29 is 4.79 Å². The molecule has 1 aliphatic heterocycles. The number of aryl methyl sites for hydroxylation is 1. The number of aromatic amines is 1. The minimum atomic E-state index is 0.287. The Labute approximate surface area is 177 Å². The summed E-state index contributed by atoms with van der Waals surface area (Å²) in [7, 11) is 0. The maximum atomic E-state index is 12.8. The fraction of sp³-hybridized carbons (Fsp3) is 0.480. The van der Waals surface area contributed by atoms with E-state index in [1.54, 1.807) is 0 Å². The molecule has 0 radical (unpaired) electrons. The van der Waals surface area contributed by atoms with Gasteiger partial charge in [0.15, 0.2) is 0 Å². The zero-order valence-corrected chi connectivity index (χ0v) is 17.7. The molecule has 3 heterocycles. The van der Waals surface area contributed by atoms with Crippen molar-refractivity contribution in [1.29, 1.82) is 0 Å². The summed E-state index contributed by atoms with van der Waals surface area (Å²) in [6, 6.07) is 13.2. The molecular weight excluding hydrogens is 372 g/mol.